The minimum atomic E-state index is -4.02. The van der Waals surface area contributed by atoms with Crippen LogP contribution in [-0.2, 0) is 30.9 Å². The topological polar surface area (TPSA) is 222 Å². The van der Waals surface area contributed by atoms with Gasteiger partial charge in [0.05, 0.1) is 23.2 Å². The van der Waals surface area contributed by atoms with Gasteiger partial charge in [0, 0.05) is 17.8 Å². The van der Waals surface area contributed by atoms with Gasteiger partial charge in [-0.1, -0.05) is 75.7 Å². The molecule has 0 saturated heterocycles. The number of hydrogen-bond acceptors (Lipinski definition) is 9. The van der Waals surface area contributed by atoms with Crippen molar-refractivity contribution < 1.29 is 37.4 Å². The van der Waals surface area contributed by atoms with E-state index >= 15 is 0 Å². The first kappa shape index (κ1) is 39.9. The second-order valence-corrected chi connectivity index (χ2v) is 14.1. The number of H-pyrrole nitrogens is 1. The van der Waals surface area contributed by atoms with E-state index in [9.17, 15) is 32.8 Å². The molecule has 2 aromatic carbocycles. The summed E-state index contributed by atoms with van der Waals surface area (Å²) in [5.41, 5.74) is 4.27. The Labute approximate surface area is 281 Å². The monoisotopic (exact) mass is 685 g/mol. The molecule has 1 unspecified atom stereocenters. The molecule has 0 aliphatic rings. The van der Waals surface area contributed by atoms with Crippen molar-refractivity contribution in [2.45, 2.75) is 71.6 Å². The molecule has 262 valence electrons. The minimum Gasteiger partial charge on any atom is -0.342 e. The third-order valence-corrected chi connectivity index (χ3v) is 8.90. The molecule has 0 aliphatic heterocycles. The lowest BCUT2D eigenvalue weighted by Crippen LogP contribution is -2.55. The SMILES string of the molecule is CC(C)C[C@@H](C(=O)NN)[C@H](C(=O)NO)C(CCc1ccccc1)(CC(C)C)C(=O)CC(=O)c1ncc[nH]1.Cc1ccc(S(=O)(=O)O)cc1. The number of carbonyl (C=O) groups is 4. The lowest BCUT2D eigenvalue weighted by Gasteiger charge is -2.43. The summed E-state index contributed by atoms with van der Waals surface area (Å²) in [6.45, 7) is 9.44. The number of nitrogens with two attached hydrogens (primary N) is 1. The Morgan fingerprint density at radius 1 is 0.958 bits per heavy atom. The van der Waals surface area contributed by atoms with Crippen LogP contribution in [0.5, 0.6) is 0 Å². The maximum absolute atomic E-state index is 14.2. The number of amides is 2. The first-order chi connectivity index (χ1) is 22.5. The molecule has 3 rings (SSSR count). The summed E-state index contributed by atoms with van der Waals surface area (Å²) in [5, 5.41) is 9.78. The normalized spacial score (nSPS) is 13.9. The van der Waals surface area contributed by atoms with E-state index in [2.05, 4.69) is 15.4 Å². The molecule has 0 saturated carbocycles. The lowest BCUT2D eigenvalue weighted by molar-refractivity contribution is -0.154. The van der Waals surface area contributed by atoms with E-state index in [1.54, 1.807) is 17.6 Å². The summed E-state index contributed by atoms with van der Waals surface area (Å²) >= 11 is 0. The van der Waals surface area contributed by atoms with Crippen LogP contribution < -0.4 is 16.7 Å². The minimum absolute atomic E-state index is 0.0259. The molecule has 14 heteroatoms. The maximum Gasteiger partial charge on any atom is 0.294 e. The standard InChI is InChI=1S/C27H39N5O5.C7H8O3S/c1-17(2)14-20(25(35)31-28)23(26(36)32-37)27(16-18(3)4,11-10-19-8-6-5-7-9-19)22(34)15-21(33)24-29-12-13-30-24;1-6-2-4-7(5-3-6)11(8,9)10/h5-9,12-13,17-18,20,23,37H,10-11,14-16,28H2,1-4H3,(H,29,30)(H,31,35)(H,32,36);2-5H,1H3,(H,8,9,10)/t20-,23-,27?;/m1./s1. The molecule has 13 nitrogen and oxygen atoms in total. The largest absolute Gasteiger partial charge is 0.342 e. The highest BCUT2D eigenvalue weighted by Crippen LogP contribution is 2.47. The Balaban J connectivity index is 0.000000613. The third kappa shape index (κ3) is 11.5. The van der Waals surface area contributed by atoms with Crippen molar-refractivity contribution in [3.63, 3.8) is 0 Å². The van der Waals surface area contributed by atoms with Crippen molar-refractivity contribution in [2.75, 3.05) is 0 Å². The molecule has 3 atom stereocenters. The number of aromatic nitrogens is 2. The average molecular weight is 686 g/mol. The van der Waals surface area contributed by atoms with E-state index in [0.717, 1.165) is 11.1 Å². The Bertz CT molecular complexity index is 1590. The highest BCUT2D eigenvalue weighted by atomic mass is 32.2. The number of imidazole rings is 1. The molecule has 0 radical (unpaired) electrons. The van der Waals surface area contributed by atoms with Crippen molar-refractivity contribution in [1.29, 1.82) is 0 Å². The van der Waals surface area contributed by atoms with Gasteiger partial charge in [-0.25, -0.2) is 16.3 Å². The lowest BCUT2D eigenvalue weighted by atomic mass is 9.58. The number of Topliss-reactive ketones (excluding diaryl/α,β-unsaturated/α-hetero) is 2. The van der Waals surface area contributed by atoms with Gasteiger partial charge in [-0.3, -0.25) is 34.4 Å². The molecule has 3 aromatic rings. The van der Waals surface area contributed by atoms with Gasteiger partial charge in [-0.2, -0.15) is 8.42 Å². The smallest absolute Gasteiger partial charge is 0.294 e. The molecule has 0 spiro atoms. The quantitative estimate of drug-likeness (QED) is 0.0239. The number of aryl methyl sites for hydroxylation is 2. The molecule has 48 heavy (non-hydrogen) atoms. The molecule has 7 N–H and O–H groups in total. The molecule has 0 aliphatic carbocycles. The van der Waals surface area contributed by atoms with Gasteiger partial charge in [-0.15, -0.1) is 0 Å². The van der Waals surface area contributed by atoms with Crippen molar-refractivity contribution in [2.24, 2.45) is 34.9 Å². The van der Waals surface area contributed by atoms with Crippen LogP contribution in [0.4, 0.5) is 0 Å². The highest BCUT2D eigenvalue weighted by molar-refractivity contribution is 7.85. The number of hydrogen-bond donors (Lipinski definition) is 6. The number of benzene rings is 2. The third-order valence-electron chi connectivity index (χ3n) is 8.03. The van der Waals surface area contributed by atoms with Crippen molar-refractivity contribution >= 4 is 33.5 Å². The number of nitrogens with one attached hydrogen (secondary N) is 3. The fraction of sp³-hybridized carbons (Fsp3) is 0.441. The van der Waals surface area contributed by atoms with Crippen LogP contribution in [0.15, 0.2) is 71.9 Å². The number of hydrazine groups is 1. The van der Waals surface area contributed by atoms with Crippen molar-refractivity contribution in [3.8, 4) is 0 Å². The van der Waals surface area contributed by atoms with Crippen LogP contribution >= 0.6 is 0 Å². The van der Waals surface area contributed by atoms with Gasteiger partial charge >= 0.3 is 0 Å². The van der Waals surface area contributed by atoms with Gasteiger partial charge in [0.2, 0.25) is 17.6 Å². The molecule has 1 heterocycles. The Morgan fingerprint density at radius 3 is 2.06 bits per heavy atom. The zero-order chi connectivity index (χ0) is 36.1. The molecular formula is C34H47N5O8S. The predicted octanol–water partition coefficient (Wildman–Crippen LogP) is 4.23. The number of rotatable bonds is 16. The number of nitrogens with zero attached hydrogens (tertiary/aromatic N) is 1. The van der Waals surface area contributed by atoms with Gasteiger partial charge in [-0.05, 0) is 62.1 Å². The van der Waals surface area contributed by atoms with Crippen LogP contribution in [0.2, 0.25) is 0 Å². The maximum atomic E-state index is 14.2. The summed E-state index contributed by atoms with van der Waals surface area (Å²) in [4.78, 5) is 60.2. The Hall–Kier alpha value is -4.24. The first-order valence-electron chi connectivity index (χ1n) is 15.6. The molecular weight excluding hydrogens is 638 g/mol. The summed E-state index contributed by atoms with van der Waals surface area (Å²) in [7, 11) is -4.02. The van der Waals surface area contributed by atoms with Crippen LogP contribution in [0.1, 0.15) is 75.1 Å². The highest BCUT2D eigenvalue weighted by Gasteiger charge is 2.53. The van der Waals surface area contributed by atoms with E-state index in [0.29, 0.717) is 6.42 Å². The summed E-state index contributed by atoms with van der Waals surface area (Å²) in [5.74, 6) is 0.689. The van der Waals surface area contributed by atoms with Crippen LogP contribution in [0.25, 0.3) is 0 Å². The number of ketones is 2. The van der Waals surface area contributed by atoms with E-state index < -0.39 is 57.2 Å². The first-order valence-corrected chi connectivity index (χ1v) is 17.1. The van der Waals surface area contributed by atoms with Crippen LogP contribution in [-0.4, -0.2) is 51.5 Å². The van der Waals surface area contributed by atoms with E-state index in [1.165, 1.54) is 24.5 Å². The molecule has 0 bridgehead atoms. The zero-order valence-electron chi connectivity index (χ0n) is 28.0. The fourth-order valence-corrected chi connectivity index (χ4v) is 6.46. The number of carbonyl (C=O) groups excluding carboxylic acids is 4. The van der Waals surface area contributed by atoms with E-state index in [-0.39, 0.29) is 41.8 Å². The summed E-state index contributed by atoms with van der Waals surface area (Å²) in [6.07, 6.45) is 3.46. The predicted molar refractivity (Wildman–Crippen MR) is 179 cm³/mol. The molecule has 1 aromatic heterocycles. The van der Waals surface area contributed by atoms with E-state index in [1.807, 2.05) is 65.0 Å². The zero-order valence-corrected chi connectivity index (χ0v) is 28.8. The van der Waals surface area contributed by atoms with Gasteiger partial charge in [0.25, 0.3) is 10.1 Å². The van der Waals surface area contributed by atoms with Crippen LogP contribution in [0.3, 0.4) is 0 Å². The van der Waals surface area contributed by atoms with Crippen molar-refractivity contribution in [1.82, 2.24) is 20.9 Å². The van der Waals surface area contributed by atoms with Crippen molar-refractivity contribution in [3.05, 3.63) is 83.9 Å². The molecule has 0 fully saturated rings. The fourth-order valence-electron chi connectivity index (χ4n) is 5.98. The second kappa shape index (κ2) is 18.3. The van der Waals surface area contributed by atoms with Gasteiger partial charge < -0.3 is 4.98 Å². The summed E-state index contributed by atoms with van der Waals surface area (Å²) < 4.78 is 29.6. The summed E-state index contributed by atoms with van der Waals surface area (Å²) in [6, 6.07) is 15.5. The average Bonchev–Trinajstić information content (AvgIpc) is 3.58. The van der Waals surface area contributed by atoms with Gasteiger partial charge in [0.15, 0.2) is 5.82 Å². The van der Waals surface area contributed by atoms with Crippen LogP contribution in [0, 0.1) is 36.0 Å². The Kier molecular flexibility index (Phi) is 15.3. The number of hydroxylamine groups is 1. The van der Waals surface area contributed by atoms with E-state index in [4.69, 9.17) is 10.4 Å². The van der Waals surface area contributed by atoms with Gasteiger partial charge in [0.1, 0.15) is 5.78 Å². The molecule has 2 amide bonds. The number of aromatic amines is 1. The Morgan fingerprint density at radius 2 is 1.58 bits per heavy atom. The second-order valence-electron chi connectivity index (χ2n) is 12.7.